The first-order valence-electron chi connectivity index (χ1n) is 8.95. The van der Waals surface area contributed by atoms with Gasteiger partial charge in [0, 0.05) is 31.5 Å². The summed E-state index contributed by atoms with van der Waals surface area (Å²) in [4.78, 5) is 2.82. The molecule has 0 spiro atoms. The Kier molecular flexibility index (Phi) is 4.99. The van der Waals surface area contributed by atoms with E-state index in [0.717, 1.165) is 24.3 Å². The van der Waals surface area contributed by atoms with Gasteiger partial charge in [0.25, 0.3) is 0 Å². The lowest BCUT2D eigenvalue weighted by Gasteiger charge is -2.35. The van der Waals surface area contributed by atoms with Gasteiger partial charge in [-0.1, -0.05) is 26.2 Å². The second-order valence-corrected chi connectivity index (χ2v) is 7.36. The van der Waals surface area contributed by atoms with Crippen LogP contribution in [0.4, 0.5) is 0 Å². The van der Waals surface area contributed by atoms with Crippen LogP contribution in [0.15, 0.2) is 12.3 Å². The molecule has 0 amide bonds. The largest absolute Gasteiger partial charge is 0.300 e. The Morgan fingerprint density at radius 3 is 2.71 bits per heavy atom. The van der Waals surface area contributed by atoms with Crippen LogP contribution in [-0.2, 0) is 13.5 Å². The first kappa shape index (κ1) is 15.1. The maximum Gasteiger partial charge on any atom is 0.0492 e. The molecular weight excluding hydrogens is 258 g/mol. The van der Waals surface area contributed by atoms with Crippen LogP contribution in [0.2, 0.25) is 0 Å². The Hall–Kier alpha value is -0.830. The van der Waals surface area contributed by atoms with Crippen molar-refractivity contribution in [3.63, 3.8) is 0 Å². The molecular formula is C18H31N3. The van der Waals surface area contributed by atoms with E-state index in [4.69, 9.17) is 0 Å². The van der Waals surface area contributed by atoms with Crippen molar-refractivity contribution in [2.45, 2.75) is 64.3 Å². The van der Waals surface area contributed by atoms with Crippen LogP contribution in [-0.4, -0.2) is 33.8 Å². The summed E-state index contributed by atoms with van der Waals surface area (Å²) in [6.07, 6.45) is 13.3. The Balaban J connectivity index is 1.54. The molecule has 118 valence electrons. The molecule has 1 aliphatic carbocycles. The lowest BCUT2D eigenvalue weighted by atomic mass is 9.82. The minimum absolute atomic E-state index is 0.726. The normalized spacial score (nSPS) is 26.3. The molecule has 3 nitrogen and oxygen atoms in total. The van der Waals surface area contributed by atoms with Gasteiger partial charge in [-0.3, -0.25) is 9.58 Å². The average Bonchev–Trinajstić information content (AvgIpc) is 3.10. The van der Waals surface area contributed by atoms with Gasteiger partial charge >= 0.3 is 0 Å². The zero-order valence-electron chi connectivity index (χ0n) is 13.8. The van der Waals surface area contributed by atoms with E-state index in [-0.39, 0.29) is 0 Å². The lowest BCUT2D eigenvalue weighted by molar-refractivity contribution is 0.140. The fourth-order valence-corrected chi connectivity index (χ4v) is 4.55. The third-order valence-electron chi connectivity index (χ3n) is 5.63. The van der Waals surface area contributed by atoms with Gasteiger partial charge in [-0.15, -0.1) is 0 Å². The monoisotopic (exact) mass is 289 g/mol. The van der Waals surface area contributed by atoms with E-state index < -0.39 is 0 Å². The highest BCUT2D eigenvalue weighted by Crippen LogP contribution is 2.34. The molecule has 0 bridgehead atoms. The van der Waals surface area contributed by atoms with Crippen LogP contribution in [0, 0.1) is 11.8 Å². The number of nitrogens with zero attached hydrogens (tertiary/aromatic N) is 3. The third-order valence-corrected chi connectivity index (χ3v) is 5.63. The summed E-state index contributed by atoms with van der Waals surface area (Å²) >= 11 is 0. The van der Waals surface area contributed by atoms with Crippen molar-refractivity contribution in [2.24, 2.45) is 18.9 Å². The van der Waals surface area contributed by atoms with Gasteiger partial charge < -0.3 is 0 Å². The molecule has 2 aliphatic rings. The first-order chi connectivity index (χ1) is 10.2. The van der Waals surface area contributed by atoms with Crippen LogP contribution >= 0.6 is 0 Å². The topological polar surface area (TPSA) is 21.1 Å². The molecule has 1 saturated carbocycles. The molecule has 2 heterocycles. The standard InChI is InChI=1S/C18H31N3/c1-15(13-17-10-11-19-20(17)2)14-21-12-6-9-18(21)16-7-4-3-5-8-16/h10-11,15-16,18H,3-9,12-14H2,1-2H3/t15-,18+/m1/s1. The van der Waals surface area contributed by atoms with Crippen LogP contribution < -0.4 is 0 Å². The molecule has 21 heavy (non-hydrogen) atoms. The van der Waals surface area contributed by atoms with Gasteiger partial charge in [0.1, 0.15) is 0 Å². The molecule has 0 N–H and O–H groups in total. The summed E-state index contributed by atoms with van der Waals surface area (Å²) in [5.74, 6) is 1.72. The number of aromatic nitrogens is 2. The molecule has 1 saturated heterocycles. The summed E-state index contributed by atoms with van der Waals surface area (Å²) in [5, 5.41) is 4.29. The fourth-order valence-electron chi connectivity index (χ4n) is 4.55. The van der Waals surface area contributed by atoms with Crippen molar-refractivity contribution in [3.05, 3.63) is 18.0 Å². The van der Waals surface area contributed by atoms with Gasteiger partial charge in [0.05, 0.1) is 0 Å². The molecule has 3 rings (SSSR count). The van der Waals surface area contributed by atoms with E-state index in [0.29, 0.717) is 0 Å². The highest BCUT2D eigenvalue weighted by molar-refractivity contribution is 5.01. The summed E-state index contributed by atoms with van der Waals surface area (Å²) in [7, 11) is 2.06. The predicted octanol–water partition coefficient (Wildman–Crippen LogP) is 3.64. The van der Waals surface area contributed by atoms with Gasteiger partial charge in [0.2, 0.25) is 0 Å². The van der Waals surface area contributed by atoms with Crippen molar-refractivity contribution in [1.82, 2.24) is 14.7 Å². The van der Waals surface area contributed by atoms with E-state index in [1.807, 2.05) is 10.9 Å². The van der Waals surface area contributed by atoms with Crippen LogP contribution in [0.25, 0.3) is 0 Å². The van der Waals surface area contributed by atoms with Crippen LogP contribution in [0.1, 0.15) is 57.6 Å². The van der Waals surface area contributed by atoms with Gasteiger partial charge in [-0.05, 0) is 56.6 Å². The highest BCUT2D eigenvalue weighted by Gasteiger charge is 2.32. The van der Waals surface area contributed by atoms with Gasteiger partial charge in [-0.2, -0.15) is 5.10 Å². The van der Waals surface area contributed by atoms with Crippen molar-refractivity contribution >= 4 is 0 Å². The second-order valence-electron chi connectivity index (χ2n) is 7.36. The minimum Gasteiger partial charge on any atom is -0.300 e. The summed E-state index contributed by atoms with van der Waals surface area (Å²) in [6.45, 7) is 5.01. The summed E-state index contributed by atoms with van der Waals surface area (Å²) in [5.41, 5.74) is 1.37. The third kappa shape index (κ3) is 3.68. The number of likely N-dealkylation sites (tertiary alicyclic amines) is 1. The Morgan fingerprint density at radius 1 is 1.19 bits per heavy atom. The van der Waals surface area contributed by atoms with Gasteiger partial charge in [0.15, 0.2) is 0 Å². The Labute approximate surface area is 129 Å². The zero-order valence-corrected chi connectivity index (χ0v) is 13.8. The summed E-state index contributed by atoms with van der Waals surface area (Å²) < 4.78 is 2.03. The quantitative estimate of drug-likeness (QED) is 0.825. The van der Waals surface area contributed by atoms with Crippen molar-refractivity contribution in [3.8, 4) is 0 Å². The molecule has 3 heteroatoms. The van der Waals surface area contributed by atoms with E-state index in [1.165, 1.54) is 63.7 Å². The van der Waals surface area contributed by atoms with E-state index in [1.54, 1.807) is 0 Å². The Morgan fingerprint density at radius 2 is 2.00 bits per heavy atom. The Bertz CT molecular complexity index is 433. The van der Waals surface area contributed by atoms with Crippen molar-refractivity contribution < 1.29 is 0 Å². The molecule has 0 radical (unpaired) electrons. The molecule has 0 aromatic carbocycles. The smallest absolute Gasteiger partial charge is 0.0492 e. The second kappa shape index (κ2) is 6.95. The molecule has 1 aromatic rings. The number of hydrogen-bond acceptors (Lipinski definition) is 2. The lowest BCUT2D eigenvalue weighted by Crippen LogP contribution is -2.39. The van der Waals surface area contributed by atoms with E-state index >= 15 is 0 Å². The van der Waals surface area contributed by atoms with Crippen LogP contribution in [0.5, 0.6) is 0 Å². The number of aryl methyl sites for hydroxylation is 1. The first-order valence-corrected chi connectivity index (χ1v) is 8.95. The molecule has 0 unspecified atom stereocenters. The SMILES string of the molecule is C[C@H](Cc1ccnn1C)CN1CCC[C@H]1C1CCCCC1. The molecule has 1 aliphatic heterocycles. The number of rotatable bonds is 5. The van der Waals surface area contributed by atoms with Crippen molar-refractivity contribution in [1.29, 1.82) is 0 Å². The van der Waals surface area contributed by atoms with E-state index in [9.17, 15) is 0 Å². The maximum absolute atomic E-state index is 4.29. The average molecular weight is 289 g/mol. The van der Waals surface area contributed by atoms with Gasteiger partial charge in [-0.25, -0.2) is 0 Å². The minimum atomic E-state index is 0.726. The van der Waals surface area contributed by atoms with Crippen molar-refractivity contribution in [2.75, 3.05) is 13.1 Å². The highest BCUT2D eigenvalue weighted by atomic mass is 15.3. The number of hydrogen-bond donors (Lipinski definition) is 0. The fraction of sp³-hybridized carbons (Fsp3) is 0.833. The van der Waals surface area contributed by atoms with E-state index in [2.05, 4.69) is 30.0 Å². The summed E-state index contributed by atoms with van der Waals surface area (Å²) in [6, 6.07) is 3.05. The van der Waals surface area contributed by atoms with Crippen LogP contribution in [0.3, 0.4) is 0 Å². The molecule has 2 fully saturated rings. The zero-order chi connectivity index (χ0) is 14.7. The molecule has 2 atom stereocenters. The molecule has 1 aromatic heterocycles. The maximum atomic E-state index is 4.29. The predicted molar refractivity (Wildman–Crippen MR) is 87.2 cm³/mol.